The second kappa shape index (κ2) is 8.72. The minimum atomic E-state index is 0.167. The van der Waals surface area contributed by atoms with E-state index in [2.05, 4.69) is 64.7 Å². The van der Waals surface area contributed by atoms with Crippen LogP contribution in [0.5, 0.6) is 0 Å². The minimum absolute atomic E-state index is 0.167. The summed E-state index contributed by atoms with van der Waals surface area (Å²) in [5, 5.41) is 13.2. The number of hydrogen-bond acceptors (Lipinski definition) is 4. The summed E-state index contributed by atoms with van der Waals surface area (Å²) in [6.07, 6.45) is 4.42. The zero-order valence-corrected chi connectivity index (χ0v) is 19.7. The maximum Gasteiger partial charge on any atom is 0.0918 e. The molecule has 0 bridgehead atoms. The Balaban J connectivity index is 1.55. The maximum atomic E-state index is 6.26. The van der Waals surface area contributed by atoms with Crippen LogP contribution >= 0.6 is 11.6 Å². The Hall–Kier alpha value is -2.63. The summed E-state index contributed by atoms with van der Waals surface area (Å²) in [4.78, 5) is 2.52. The summed E-state index contributed by atoms with van der Waals surface area (Å²) >= 11 is 6.26. The van der Waals surface area contributed by atoms with Gasteiger partial charge in [0.25, 0.3) is 0 Å². The highest BCUT2D eigenvalue weighted by Crippen LogP contribution is 2.39. The van der Waals surface area contributed by atoms with Crippen molar-refractivity contribution >= 4 is 22.9 Å². The molecule has 0 fully saturated rings. The molecule has 3 aromatic rings. The van der Waals surface area contributed by atoms with E-state index >= 15 is 0 Å². The highest BCUT2D eigenvalue weighted by molar-refractivity contribution is 6.30. The number of benzene rings is 2. The molecule has 2 aromatic carbocycles. The van der Waals surface area contributed by atoms with Gasteiger partial charge in [0, 0.05) is 41.9 Å². The summed E-state index contributed by atoms with van der Waals surface area (Å²) in [6, 6.07) is 15.6. The molecule has 0 radical (unpaired) electrons. The Labute approximate surface area is 195 Å². The number of nitrogens with zero attached hydrogens (tertiary/aromatic N) is 4. The van der Waals surface area contributed by atoms with Gasteiger partial charge in [-0.25, -0.2) is 4.68 Å². The van der Waals surface area contributed by atoms with Crippen molar-refractivity contribution in [3.8, 4) is 11.3 Å². The van der Waals surface area contributed by atoms with Gasteiger partial charge >= 0.3 is 0 Å². The van der Waals surface area contributed by atoms with Gasteiger partial charge in [-0.15, -0.1) is 5.10 Å². The lowest BCUT2D eigenvalue weighted by Gasteiger charge is -2.30. The fraction of sp³-hybridized carbons (Fsp3) is 0.385. The van der Waals surface area contributed by atoms with Crippen molar-refractivity contribution in [2.24, 2.45) is 0 Å². The number of aryl methyl sites for hydroxylation is 2. The molecule has 0 spiro atoms. The van der Waals surface area contributed by atoms with Crippen molar-refractivity contribution in [3.63, 3.8) is 0 Å². The van der Waals surface area contributed by atoms with E-state index in [-0.39, 0.29) is 6.04 Å². The summed E-state index contributed by atoms with van der Waals surface area (Å²) in [5.74, 6) is 0. The molecule has 6 heteroatoms. The molecule has 0 unspecified atom stereocenters. The topological polar surface area (TPSA) is 46.0 Å². The Morgan fingerprint density at radius 2 is 2.00 bits per heavy atom. The number of fused-ring (bicyclic) bond motifs is 3. The Morgan fingerprint density at radius 3 is 2.75 bits per heavy atom. The van der Waals surface area contributed by atoms with Crippen LogP contribution in [0.25, 0.3) is 16.8 Å². The summed E-state index contributed by atoms with van der Waals surface area (Å²) in [5.41, 5.74) is 8.44. The van der Waals surface area contributed by atoms with Gasteiger partial charge in [-0.3, -0.25) is 4.90 Å². The van der Waals surface area contributed by atoms with E-state index in [1.807, 2.05) is 29.8 Å². The molecule has 5 rings (SSSR count). The third-order valence-electron chi connectivity index (χ3n) is 6.72. The van der Waals surface area contributed by atoms with Crippen molar-refractivity contribution in [1.29, 1.82) is 0 Å². The molecule has 2 aliphatic heterocycles. The molecule has 3 heterocycles. The van der Waals surface area contributed by atoms with Crippen LogP contribution in [-0.2, 0) is 6.54 Å². The zero-order chi connectivity index (χ0) is 22.2. The average Bonchev–Trinajstić information content (AvgIpc) is 3.08. The third-order valence-corrected chi connectivity index (χ3v) is 6.96. The second-order valence-electron chi connectivity index (χ2n) is 9.11. The Kier molecular flexibility index (Phi) is 5.78. The van der Waals surface area contributed by atoms with Crippen molar-refractivity contribution < 1.29 is 0 Å². The Bertz CT molecular complexity index is 1160. The van der Waals surface area contributed by atoms with Crippen LogP contribution in [0.1, 0.15) is 49.6 Å². The van der Waals surface area contributed by atoms with Crippen LogP contribution in [0, 0.1) is 6.92 Å². The molecular formula is C26H30ClN5. The lowest BCUT2D eigenvalue weighted by molar-refractivity contribution is 0.245. The van der Waals surface area contributed by atoms with Crippen molar-refractivity contribution in [2.45, 2.75) is 52.2 Å². The van der Waals surface area contributed by atoms with Crippen molar-refractivity contribution in [1.82, 2.24) is 19.9 Å². The van der Waals surface area contributed by atoms with Crippen LogP contribution in [0.4, 0.5) is 5.69 Å². The smallest absolute Gasteiger partial charge is 0.0918 e. The summed E-state index contributed by atoms with van der Waals surface area (Å²) in [6.45, 7) is 9.54. The quantitative estimate of drug-likeness (QED) is 0.535. The lowest BCUT2D eigenvalue weighted by atomic mass is 9.90. The van der Waals surface area contributed by atoms with Crippen LogP contribution in [-0.4, -0.2) is 39.0 Å². The van der Waals surface area contributed by atoms with Crippen molar-refractivity contribution in [2.75, 3.05) is 18.4 Å². The number of anilines is 1. The molecule has 166 valence electrons. The van der Waals surface area contributed by atoms with Gasteiger partial charge in [0.05, 0.1) is 17.4 Å². The predicted molar refractivity (Wildman–Crippen MR) is 132 cm³/mol. The highest BCUT2D eigenvalue weighted by atomic mass is 35.5. The third kappa shape index (κ3) is 4.07. The molecular weight excluding hydrogens is 418 g/mol. The monoisotopic (exact) mass is 447 g/mol. The first-order valence-corrected chi connectivity index (χ1v) is 11.9. The molecule has 0 amide bonds. The number of halogens is 1. The van der Waals surface area contributed by atoms with Gasteiger partial charge in [0.1, 0.15) is 0 Å². The molecule has 32 heavy (non-hydrogen) atoms. The zero-order valence-electron chi connectivity index (χ0n) is 19.0. The summed E-state index contributed by atoms with van der Waals surface area (Å²) in [7, 11) is 0. The van der Waals surface area contributed by atoms with E-state index in [4.69, 9.17) is 11.6 Å². The molecule has 1 N–H and O–H groups in total. The van der Waals surface area contributed by atoms with Gasteiger partial charge in [-0.2, -0.15) is 0 Å². The van der Waals surface area contributed by atoms with E-state index in [9.17, 15) is 0 Å². The molecule has 1 aromatic heterocycles. The van der Waals surface area contributed by atoms with Gasteiger partial charge in [-0.05, 0) is 74.6 Å². The summed E-state index contributed by atoms with van der Waals surface area (Å²) < 4.78 is 2.05. The number of rotatable bonds is 4. The molecule has 0 aliphatic carbocycles. The predicted octanol–water partition coefficient (Wildman–Crippen LogP) is 5.96. The van der Waals surface area contributed by atoms with Gasteiger partial charge in [-0.1, -0.05) is 41.1 Å². The maximum absolute atomic E-state index is 6.26. The van der Waals surface area contributed by atoms with Crippen LogP contribution in [0.2, 0.25) is 5.02 Å². The number of nitrogens with one attached hydrogen (secondary N) is 1. The average molecular weight is 448 g/mol. The Morgan fingerprint density at radius 1 is 1.12 bits per heavy atom. The molecule has 5 nitrogen and oxygen atoms in total. The standard InChI is InChI=1S/C26H30ClN5/c1-17(2)31-12-9-19(10-13-31)20-7-8-23-24(15-20)25(28-22-6-4-5-21(27)16-22)11-14-32-26(23)18(3)29-30-32/h4-9,15-17,25,28H,10-14H2,1-3H3/t25-/m0/s1. The molecule has 0 saturated carbocycles. The van der Waals surface area contributed by atoms with Crippen LogP contribution in [0.15, 0.2) is 48.5 Å². The lowest BCUT2D eigenvalue weighted by Crippen LogP contribution is -2.34. The molecule has 0 saturated heterocycles. The normalized spacial score (nSPS) is 18.7. The van der Waals surface area contributed by atoms with Crippen LogP contribution < -0.4 is 5.32 Å². The van der Waals surface area contributed by atoms with E-state index in [0.29, 0.717) is 6.04 Å². The molecule has 2 aliphatic rings. The number of hydrogen-bond donors (Lipinski definition) is 1. The van der Waals surface area contributed by atoms with Crippen molar-refractivity contribution in [3.05, 3.63) is 70.4 Å². The second-order valence-corrected chi connectivity index (χ2v) is 9.55. The first-order valence-electron chi connectivity index (χ1n) is 11.5. The van der Waals surface area contributed by atoms with E-state index in [0.717, 1.165) is 54.6 Å². The van der Waals surface area contributed by atoms with E-state index in [1.165, 1.54) is 22.3 Å². The van der Waals surface area contributed by atoms with Crippen LogP contribution in [0.3, 0.4) is 0 Å². The fourth-order valence-electron chi connectivity index (χ4n) is 4.91. The van der Waals surface area contributed by atoms with E-state index < -0.39 is 0 Å². The van der Waals surface area contributed by atoms with Gasteiger partial charge < -0.3 is 5.32 Å². The SMILES string of the molecule is Cc1nnn2c1-c1ccc(C3=CCN(C(C)C)CC3)cc1[C@@H](Nc1cccc(Cl)c1)CC2. The van der Waals surface area contributed by atoms with Gasteiger partial charge in [0.15, 0.2) is 0 Å². The fourth-order valence-corrected chi connectivity index (χ4v) is 5.10. The first kappa shape index (κ1) is 21.2. The number of aromatic nitrogens is 3. The largest absolute Gasteiger partial charge is 0.378 e. The van der Waals surface area contributed by atoms with Gasteiger partial charge in [0.2, 0.25) is 0 Å². The molecule has 1 atom stereocenters. The van der Waals surface area contributed by atoms with E-state index in [1.54, 1.807) is 0 Å². The minimum Gasteiger partial charge on any atom is -0.378 e. The highest BCUT2D eigenvalue weighted by Gasteiger charge is 2.26. The first-order chi connectivity index (χ1) is 15.5.